The summed E-state index contributed by atoms with van der Waals surface area (Å²) in [4.78, 5) is 17.8. The molecule has 10 atom stereocenters. The van der Waals surface area contributed by atoms with Gasteiger partial charge in [-0.05, 0) is 0 Å². The highest BCUT2D eigenvalue weighted by Crippen LogP contribution is 2.27. The Labute approximate surface area is 181 Å². The number of nitrogens with two attached hydrogens (primary N) is 1. The van der Waals surface area contributed by atoms with Gasteiger partial charge >= 0.3 is 0 Å². The summed E-state index contributed by atoms with van der Waals surface area (Å²) in [6.45, 7) is -1.69. The maximum absolute atomic E-state index is 11.4. The van der Waals surface area contributed by atoms with E-state index in [1.807, 2.05) is 0 Å². The van der Waals surface area contributed by atoms with E-state index in [4.69, 9.17) is 19.9 Å². The van der Waals surface area contributed by atoms with E-state index in [0.29, 0.717) is 0 Å². The molecule has 3 rings (SSSR count). The summed E-state index contributed by atoms with van der Waals surface area (Å²) in [7, 11) is 0. The molecule has 0 aromatic carbocycles. The van der Waals surface area contributed by atoms with E-state index in [1.54, 1.807) is 0 Å². The smallest absolute Gasteiger partial charge is 0.269 e. The molecule has 0 unspecified atom stereocenters. The zero-order chi connectivity index (χ0) is 23.6. The molecule has 2 saturated heterocycles. The van der Waals surface area contributed by atoms with Gasteiger partial charge in [-0.2, -0.15) is 0 Å². The number of imidazole rings is 1. The minimum Gasteiger partial charge on any atom is -0.394 e. The van der Waals surface area contributed by atoms with E-state index in [9.17, 15) is 40.5 Å². The average molecular weight is 464 g/mol. The summed E-state index contributed by atoms with van der Waals surface area (Å²) in [5, 5.41) is 72.4. The third kappa shape index (κ3) is 4.86. The van der Waals surface area contributed by atoms with Crippen molar-refractivity contribution in [2.24, 2.45) is 5.73 Å². The largest absolute Gasteiger partial charge is 0.394 e. The summed E-state index contributed by atoms with van der Waals surface area (Å²) in [6, 6.07) is 0. The Morgan fingerprint density at radius 2 is 1.66 bits per heavy atom. The van der Waals surface area contributed by atoms with Gasteiger partial charge in [0, 0.05) is 0 Å². The highest BCUT2D eigenvalue weighted by atomic mass is 16.6. The van der Waals surface area contributed by atoms with Gasteiger partial charge < -0.3 is 66.0 Å². The van der Waals surface area contributed by atoms with Crippen molar-refractivity contribution >= 4 is 11.7 Å². The highest BCUT2D eigenvalue weighted by molar-refractivity contribution is 5.95. The van der Waals surface area contributed by atoms with Crippen LogP contribution in [-0.2, 0) is 14.2 Å². The number of aromatic nitrogens is 2. The number of primary amides is 1. The molecule has 32 heavy (non-hydrogen) atoms. The van der Waals surface area contributed by atoms with Gasteiger partial charge in [-0.3, -0.25) is 4.79 Å². The minimum atomic E-state index is -1.61. The van der Waals surface area contributed by atoms with Crippen LogP contribution >= 0.6 is 0 Å². The van der Waals surface area contributed by atoms with Crippen LogP contribution in [0.3, 0.4) is 0 Å². The Morgan fingerprint density at radius 1 is 1.00 bits per heavy atom. The molecule has 1 aromatic rings. The first kappa shape index (κ1) is 24.7. The maximum atomic E-state index is 11.4. The number of ether oxygens (including phenoxy) is 3. The Balaban J connectivity index is 1.66. The lowest BCUT2D eigenvalue weighted by Gasteiger charge is -2.44. The number of anilines is 1. The van der Waals surface area contributed by atoms with Crippen LogP contribution in [-0.4, -0.2) is 133 Å². The number of nitrogens with one attached hydrogen (secondary N) is 2. The molecular formula is C17H28N4O11. The van der Waals surface area contributed by atoms with Crippen LogP contribution in [0.15, 0.2) is 6.33 Å². The van der Waals surface area contributed by atoms with Crippen LogP contribution in [0.4, 0.5) is 5.82 Å². The summed E-state index contributed by atoms with van der Waals surface area (Å²) in [5.74, 6) is -0.860. The Bertz CT molecular complexity index is 763. The average Bonchev–Trinajstić information content (AvgIpc) is 3.24. The third-order valence-corrected chi connectivity index (χ3v) is 5.47. The number of aliphatic hydroxyl groups is 7. The van der Waals surface area contributed by atoms with Crippen molar-refractivity contribution in [2.45, 2.75) is 61.2 Å². The first-order chi connectivity index (χ1) is 15.2. The van der Waals surface area contributed by atoms with Gasteiger partial charge in [-0.1, -0.05) is 0 Å². The monoisotopic (exact) mass is 464 g/mol. The summed E-state index contributed by atoms with van der Waals surface area (Å²) in [6.07, 6.45) is -12.8. The number of amides is 1. The fraction of sp³-hybridized carbons (Fsp3) is 0.765. The van der Waals surface area contributed by atoms with Crippen molar-refractivity contribution in [1.29, 1.82) is 0 Å². The SMILES string of the molecule is NC(=O)c1[nH]cnc1N[C@@H]1O[C@H](CO)[C@H](OC[C@@H]2O[C@H](CO)[C@H](O)[C@H](O)[C@H]2O)[C@H](O)[C@H]1O. The van der Waals surface area contributed by atoms with Gasteiger partial charge in [0.1, 0.15) is 60.6 Å². The molecule has 2 aliphatic heterocycles. The van der Waals surface area contributed by atoms with Crippen molar-refractivity contribution < 1.29 is 54.8 Å². The Kier molecular flexibility index (Phi) is 7.99. The number of rotatable bonds is 8. The molecule has 2 aliphatic rings. The number of carbonyl (C=O) groups is 1. The second-order valence-corrected chi connectivity index (χ2v) is 7.56. The molecule has 11 N–H and O–H groups in total. The number of aromatic amines is 1. The fourth-order valence-electron chi connectivity index (χ4n) is 3.66. The summed E-state index contributed by atoms with van der Waals surface area (Å²) in [5.41, 5.74) is 5.13. The van der Waals surface area contributed by atoms with E-state index in [2.05, 4.69) is 15.3 Å². The molecule has 1 aromatic heterocycles. The quantitative estimate of drug-likeness (QED) is 0.173. The van der Waals surface area contributed by atoms with E-state index in [-0.39, 0.29) is 11.5 Å². The number of hydrogen-bond acceptors (Lipinski definition) is 13. The van der Waals surface area contributed by atoms with Gasteiger partial charge in [0.05, 0.1) is 26.1 Å². The lowest BCUT2D eigenvalue weighted by molar-refractivity contribution is -0.267. The normalized spacial score (nSPS) is 40.2. The predicted molar refractivity (Wildman–Crippen MR) is 102 cm³/mol. The molecule has 15 heteroatoms. The van der Waals surface area contributed by atoms with Crippen molar-refractivity contribution in [1.82, 2.24) is 9.97 Å². The zero-order valence-corrected chi connectivity index (χ0v) is 16.8. The third-order valence-electron chi connectivity index (χ3n) is 5.47. The van der Waals surface area contributed by atoms with Crippen LogP contribution in [0.5, 0.6) is 0 Å². The van der Waals surface area contributed by atoms with Crippen molar-refractivity contribution in [3.8, 4) is 0 Å². The van der Waals surface area contributed by atoms with Crippen LogP contribution in [0.25, 0.3) is 0 Å². The fourth-order valence-corrected chi connectivity index (χ4v) is 3.66. The number of aliphatic hydroxyl groups excluding tert-OH is 7. The van der Waals surface area contributed by atoms with Gasteiger partial charge in [-0.25, -0.2) is 4.98 Å². The van der Waals surface area contributed by atoms with E-state index >= 15 is 0 Å². The van der Waals surface area contributed by atoms with E-state index < -0.39 is 86.9 Å². The number of carbonyl (C=O) groups excluding carboxylic acids is 1. The van der Waals surface area contributed by atoms with Gasteiger partial charge in [0.25, 0.3) is 5.91 Å². The lowest BCUT2D eigenvalue weighted by atomic mass is 9.95. The lowest BCUT2D eigenvalue weighted by Crippen LogP contribution is -2.63. The molecule has 1 amide bonds. The summed E-state index contributed by atoms with van der Waals surface area (Å²) < 4.78 is 16.4. The van der Waals surface area contributed by atoms with Crippen LogP contribution in [0.2, 0.25) is 0 Å². The molecule has 3 heterocycles. The number of H-pyrrole nitrogens is 1. The van der Waals surface area contributed by atoms with Crippen LogP contribution < -0.4 is 11.1 Å². The second-order valence-electron chi connectivity index (χ2n) is 7.56. The number of hydrogen-bond donors (Lipinski definition) is 10. The predicted octanol–water partition coefficient (Wildman–Crippen LogP) is -5.41. The first-order valence-electron chi connectivity index (χ1n) is 9.83. The van der Waals surface area contributed by atoms with Crippen LogP contribution in [0.1, 0.15) is 10.5 Å². The highest BCUT2D eigenvalue weighted by Gasteiger charge is 2.48. The molecule has 0 saturated carbocycles. The Hall–Kier alpha value is -1.92. The van der Waals surface area contributed by atoms with Crippen molar-refractivity contribution in [2.75, 3.05) is 25.1 Å². The Morgan fingerprint density at radius 3 is 2.28 bits per heavy atom. The standard InChI is InChI=1S/C17H28N4O11/c18-15(29)8-16(20-4-19-8)21-17-13(28)12(27)14(6(2-23)32-17)30-3-7-10(25)11(26)9(24)5(1-22)31-7/h4-7,9-14,17,21-28H,1-3H2,(H2,18,29)(H,19,20)/t5-,6-,7+,9+,10+,11+,12-,13-,14+,17-/m1/s1. The molecule has 0 aliphatic carbocycles. The van der Waals surface area contributed by atoms with E-state index in [0.717, 1.165) is 0 Å². The van der Waals surface area contributed by atoms with Crippen molar-refractivity contribution in [3.05, 3.63) is 12.0 Å². The molecule has 0 bridgehead atoms. The first-order valence-corrected chi connectivity index (χ1v) is 9.83. The van der Waals surface area contributed by atoms with Gasteiger partial charge in [-0.15, -0.1) is 0 Å². The maximum Gasteiger partial charge on any atom is 0.269 e. The minimum absolute atomic E-state index is 0.0360. The summed E-state index contributed by atoms with van der Waals surface area (Å²) >= 11 is 0. The number of nitrogens with zero attached hydrogens (tertiary/aromatic N) is 1. The molecule has 15 nitrogen and oxygen atoms in total. The molecular weight excluding hydrogens is 436 g/mol. The molecule has 182 valence electrons. The zero-order valence-electron chi connectivity index (χ0n) is 16.8. The van der Waals surface area contributed by atoms with E-state index in [1.165, 1.54) is 6.33 Å². The van der Waals surface area contributed by atoms with Crippen molar-refractivity contribution in [3.63, 3.8) is 0 Å². The van der Waals surface area contributed by atoms with Crippen LogP contribution in [0, 0.1) is 0 Å². The molecule has 0 radical (unpaired) electrons. The topological polar surface area (TPSA) is 253 Å². The second kappa shape index (κ2) is 10.3. The van der Waals surface area contributed by atoms with Gasteiger partial charge in [0.2, 0.25) is 0 Å². The molecule has 2 fully saturated rings. The molecule has 0 spiro atoms. The van der Waals surface area contributed by atoms with Gasteiger partial charge in [0.15, 0.2) is 12.0 Å².